The van der Waals surface area contributed by atoms with Crippen LogP contribution in [0, 0.1) is 5.82 Å². The Labute approximate surface area is 211 Å². The monoisotopic (exact) mass is 508 g/mol. The van der Waals surface area contributed by atoms with Crippen molar-refractivity contribution in [1.29, 1.82) is 0 Å². The van der Waals surface area contributed by atoms with E-state index in [1.54, 1.807) is 29.3 Å². The Morgan fingerprint density at radius 1 is 1.30 bits per heavy atom. The fraction of sp³-hybridized carbons (Fsp3) is 0.308. The lowest BCUT2D eigenvalue weighted by Crippen LogP contribution is -2.45. The number of carbonyl (C=O) groups is 3. The van der Waals surface area contributed by atoms with Crippen LogP contribution in [-0.2, 0) is 19.1 Å². The van der Waals surface area contributed by atoms with Crippen LogP contribution in [0.5, 0.6) is 0 Å². The summed E-state index contributed by atoms with van der Waals surface area (Å²) in [5.74, 6) is -1.72. The molecule has 2 atom stereocenters. The average molecular weight is 509 g/mol. The summed E-state index contributed by atoms with van der Waals surface area (Å²) in [4.78, 5) is 42.1. The van der Waals surface area contributed by atoms with Crippen LogP contribution < -0.4 is 15.5 Å². The number of carboxylic acids is 1. The molecular weight excluding hydrogens is 483 g/mol. The molecule has 3 aliphatic heterocycles. The van der Waals surface area contributed by atoms with E-state index < -0.39 is 42.0 Å². The van der Waals surface area contributed by atoms with Gasteiger partial charge < -0.3 is 30.5 Å². The Bertz CT molecular complexity index is 1370. The highest BCUT2D eigenvalue weighted by molar-refractivity contribution is 6.32. The van der Waals surface area contributed by atoms with E-state index in [0.717, 1.165) is 5.57 Å². The molecule has 0 radical (unpaired) electrons. The zero-order valence-corrected chi connectivity index (χ0v) is 20.1. The third-order valence-electron chi connectivity index (χ3n) is 6.61. The number of hydrogen-bond donors (Lipinski definition) is 4. The SMILES string of the molecule is CC1(C)OC(=C2C(=O)Nc3ccc(F)cc32)C=C1c1ccc(N2C[C@H](O)C[C@H]2C(=O)NCC(=O)O)nc1. The number of aliphatic hydroxyl groups excluding tert-OH is 1. The number of nitrogens with one attached hydrogen (secondary N) is 2. The van der Waals surface area contributed by atoms with Crippen molar-refractivity contribution in [2.75, 3.05) is 23.3 Å². The number of fused-ring (bicyclic) bond motifs is 1. The maximum atomic E-state index is 13.9. The first-order valence-electron chi connectivity index (χ1n) is 11.7. The standard InChI is InChI=1S/C26H25FN4O6/c1-26(2)17(9-20(37-26)23-16-7-14(27)4-5-18(16)30-25(23)36)13-3-6-21(28-10-13)31-12-15(32)8-19(31)24(35)29-11-22(33)34/h3-7,9-10,15,19,32H,8,11-12H2,1-2H3,(H,29,35)(H,30,36)(H,33,34)/t15-,19+/m1/s1. The van der Waals surface area contributed by atoms with Gasteiger partial charge in [-0.2, -0.15) is 0 Å². The van der Waals surface area contributed by atoms with Crippen molar-refractivity contribution >= 4 is 40.4 Å². The molecule has 3 aliphatic rings. The summed E-state index contributed by atoms with van der Waals surface area (Å²) in [6.07, 6.45) is 2.75. The number of carbonyl (C=O) groups excluding carboxylic acids is 2. The lowest BCUT2D eigenvalue weighted by Gasteiger charge is -2.26. The van der Waals surface area contributed by atoms with Gasteiger partial charge in [0.05, 0.1) is 11.7 Å². The topological polar surface area (TPSA) is 141 Å². The molecule has 1 saturated heterocycles. The van der Waals surface area contributed by atoms with Gasteiger partial charge in [0, 0.05) is 41.5 Å². The summed E-state index contributed by atoms with van der Waals surface area (Å²) in [5, 5.41) is 24.1. The fourth-order valence-electron chi connectivity index (χ4n) is 4.91. The van der Waals surface area contributed by atoms with Crippen molar-refractivity contribution in [3.05, 3.63) is 65.3 Å². The largest absolute Gasteiger partial charge is 0.482 e. The molecule has 37 heavy (non-hydrogen) atoms. The summed E-state index contributed by atoms with van der Waals surface area (Å²) >= 11 is 0. The molecule has 1 aromatic heterocycles. The van der Waals surface area contributed by atoms with Crippen LogP contribution in [0.1, 0.15) is 31.4 Å². The fourth-order valence-corrected chi connectivity index (χ4v) is 4.91. The number of rotatable bonds is 5. The second-order valence-corrected chi connectivity index (χ2v) is 9.63. The highest BCUT2D eigenvalue weighted by Crippen LogP contribution is 2.44. The molecule has 4 heterocycles. The van der Waals surface area contributed by atoms with Gasteiger partial charge >= 0.3 is 5.97 Å². The number of aliphatic hydroxyl groups is 1. The normalized spacial score (nSPS) is 23.8. The van der Waals surface area contributed by atoms with Crippen LogP contribution in [0.15, 0.2) is 48.4 Å². The molecule has 2 amide bonds. The van der Waals surface area contributed by atoms with E-state index in [1.165, 1.54) is 18.2 Å². The third kappa shape index (κ3) is 4.53. The van der Waals surface area contributed by atoms with E-state index in [1.807, 2.05) is 13.8 Å². The number of amides is 2. The van der Waals surface area contributed by atoms with Crippen LogP contribution in [0.25, 0.3) is 11.1 Å². The van der Waals surface area contributed by atoms with Gasteiger partial charge in [0.2, 0.25) is 5.91 Å². The van der Waals surface area contributed by atoms with Gasteiger partial charge in [-0.05, 0) is 50.3 Å². The van der Waals surface area contributed by atoms with Crippen LogP contribution in [-0.4, -0.2) is 63.8 Å². The Morgan fingerprint density at radius 3 is 2.78 bits per heavy atom. The Balaban J connectivity index is 1.44. The number of nitrogens with zero attached hydrogens (tertiary/aromatic N) is 2. The second kappa shape index (κ2) is 9.00. The third-order valence-corrected chi connectivity index (χ3v) is 6.61. The summed E-state index contributed by atoms with van der Waals surface area (Å²) in [6.45, 7) is 3.36. The zero-order chi connectivity index (χ0) is 26.5. The number of anilines is 2. The van der Waals surface area contributed by atoms with Gasteiger partial charge in [-0.3, -0.25) is 14.4 Å². The molecule has 1 aromatic carbocycles. The summed E-state index contributed by atoms with van der Waals surface area (Å²) in [6, 6.07) is 6.83. The van der Waals surface area contributed by atoms with E-state index in [4.69, 9.17) is 9.84 Å². The predicted molar refractivity (Wildman–Crippen MR) is 132 cm³/mol. The summed E-state index contributed by atoms with van der Waals surface area (Å²) < 4.78 is 20.0. The number of aliphatic carboxylic acids is 1. The first-order chi connectivity index (χ1) is 17.5. The molecule has 0 spiro atoms. The zero-order valence-electron chi connectivity index (χ0n) is 20.1. The molecule has 2 aromatic rings. The number of hydrogen-bond acceptors (Lipinski definition) is 7. The van der Waals surface area contributed by atoms with E-state index >= 15 is 0 Å². The Hall–Kier alpha value is -4.25. The number of halogens is 1. The van der Waals surface area contributed by atoms with Crippen LogP contribution in [0.3, 0.4) is 0 Å². The number of β-amino-alcohol motifs (C(OH)–C–C–N with tert-alkyl or cyclic N) is 1. The van der Waals surface area contributed by atoms with Crippen molar-refractivity contribution in [2.24, 2.45) is 0 Å². The van der Waals surface area contributed by atoms with Gasteiger partial charge in [-0.1, -0.05) is 0 Å². The van der Waals surface area contributed by atoms with Crippen LogP contribution in [0.2, 0.25) is 0 Å². The molecule has 11 heteroatoms. The maximum Gasteiger partial charge on any atom is 0.322 e. The lowest BCUT2D eigenvalue weighted by atomic mass is 9.93. The highest BCUT2D eigenvalue weighted by Gasteiger charge is 2.39. The number of ether oxygens (including phenoxy) is 1. The van der Waals surface area contributed by atoms with Crippen LogP contribution >= 0.6 is 0 Å². The number of carboxylic acid groups (broad SMARTS) is 1. The number of benzene rings is 1. The predicted octanol–water partition coefficient (Wildman–Crippen LogP) is 1.92. The van der Waals surface area contributed by atoms with Crippen molar-refractivity contribution in [3.63, 3.8) is 0 Å². The first-order valence-corrected chi connectivity index (χ1v) is 11.7. The molecule has 5 rings (SSSR count). The summed E-state index contributed by atoms with van der Waals surface area (Å²) in [7, 11) is 0. The number of pyridine rings is 1. The minimum absolute atomic E-state index is 0.155. The van der Waals surface area contributed by atoms with Gasteiger partial charge in [-0.25, -0.2) is 9.37 Å². The lowest BCUT2D eigenvalue weighted by molar-refractivity contribution is -0.138. The van der Waals surface area contributed by atoms with Crippen molar-refractivity contribution in [3.8, 4) is 0 Å². The molecule has 0 unspecified atom stereocenters. The summed E-state index contributed by atoms with van der Waals surface area (Å²) in [5.41, 5.74) is 1.85. The molecule has 192 valence electrons. The molecular formula is C26H25FN4O6. The molecule has 0 saturated carbocycles. The van der Waals surface area contributed by atoms with Gasteiger partial charge in [0.25, 0.3) is 5.91 Å². The Morgan fingerprint density at radius 2 is 2.08 bits per heavy atom. The molecule has 1 fully saturated rings. The van der Waals surface area contributed by atoms with E-state index in [0.29, 0.717) is 28.4 Å². The van der Waals surface area contributed by atoms with E-state index in [2.05, 4.69) is 15.6 Å². The van der Waals surface area contributed by atoms with Crippen molar-refractivity contribution in [2.45, 2.75) is 38.0 Å². The maximum absolute atomic E-state index is 13.9. The quantitative estimate of drug-likeness (QED) is 0.449. The minimum atomic E-state index is -1.16. The van der Waals surface area contributed by atoms with Gasteiger partial charge in [-0.15, -0.1) is 0 Å². The Kier molecular flexibility index (Phi) is 5.95. The highest BCUT2D eigenvalue weighted by atomic mass is 19.1. The minimum Gasteiger partial charge on any atom is -0.482 e. The average Bonchev–Trinajstić information content (AvgIpc) is 3.48. The molecule has 0 bridgehead atoms. The molecule has 10 nitrogen and oxygen atoms in total. The number of aromatic nitrogens is 1. The van der Waals surface area contributed by atoms with Gasteiger partial charge in [0.15, 0.2) is 0 Å². The van der Waals surface area contributed by atoms with E-state index in [-0.39, 0.29) is 24.4 Å². The van der Waals surface area contributed by atoms with Gasteiger partial charge in [0.1, 0.15) is 35.6 Å². The smallest absolute Gasteiger partial charge is 0.322 e. The molecule has 4 N–H and O–H groups in total. The second-order valence-electron chi connectivity index (χ2n) is 9.63. The first kappa shape index (κ1) is 24.4. The van der Waals surface area contributed by atoms with Crippen molar-refractivity contribution in [1.82, 2.24) is 10.3 Å². The number of allylic oxidation sites excluding steroid dienone is 1. The van der Waals surface area contributed by atoms with E-state index in [9.17, 15) is 23.9 Å². The molecule has 0 aliphatic carbocycles. The van der Waals surface area contributed by atoms with Crippen LogP contribution in [0.4, 0.5) is 15.9 Å². The van der Waals surface area contributed by atoms with Crippen molar-refractivity contribution < 1.29 is 33.7 Å².